The molecule has 11 rings (SSSR count). The molecule has 0 aliphatic heterocycles. The number of benzene rings is 10. The zero-order chi connectivity index (χ0) is 77.6. The molecule has 0 aromatic heterocycles. The SMILES string of the molecule is CCOC(CBr)OC.CCOC(CN(Cc1cccc2ccccc12)C(=O)[C@@H](Cc1ccc(C)cc1)NC(=O)OCC1c2ccccc2-c2ccccc21)OC.CCOC(CN(Cc1cccc2ccccc12)C(=O)[C@@H](N)Cc1ccc(C)cc1)OC.CCOC(CNCc1cccc2ccccc12)OC.CO. The Bertz CT molecular complexity index is 4240. The third-order valence-corrected chi connectivity index (χ3v) is 18.9. The van der Waals surface area contributed by atoms with E-state index in [1.807, 2.05) is 157 Å². The van der Waals surface area contributed by atoms with E-state index in [1.54, 1.807) is 38.2 Å². The number of aliphatic hydroxyl groups excluding tert-OH is 1. The van der Waals surface area contributed by atoms with Gasteiger partial charge in [-0.2, -0.15) is 0 Å². The summed E-state index contributed by atoms with van der Waals surface area (Å²) in [5.41, 5.74) is 18.6. The third-order valence-electron chi connectivity index (χ3n) is 18.3. The van der Waals surface area contributed by atoms with Gasteiger partial charge in [0.25, 0.3) is 0 Å². The highest BCUT2D eigenvalue weighted by Gasteiger charge is 2.33. The van der Waals surface area contributed by atoms with Crippen molar-refractivity contribution in [3.8, 4) is 11.1 Å². The number of rotatable bonds is 34. The average Bonchev–Trinajstić information content (AvgIpc) is 1.61. The van der Waals surface area contributed by atoms with Gasteiger partial charge in [0.1, 0.15) is 12.6 Å². The fraction of sp³-hybridized carbons (Fsp3) is 0.360. The lowest BCUT2D eigenvalue weighted by Crippen LogP contribution is -2.51. The molecule has 10 aromatic rings. The number of fused-ring (bicyclic) bond motifs is 6. The van der Waals surface area contributed by atoms with Crippen LogP contribution in [0.3, 0.4) is 0 Å². The number of hydrogen-bond acceptors (Lipinski definition) is 15. The number of hydrogen-bond donors (Lipinski definition) is 4. The third kappa shape index (κ3) is 26.2. The number of aliphatic hydroxyl groups is 1. The molecule has 1 aliphatic carbocycles. The van der Waals surface area contributed by atoms with E-state index >= 15 is 0 Å². The van der Waals surface area contributed by atoms with Gasteiger partial charge in [-0.1, -0.05) is 252 Å². The van der Waals surface area contributed by atoms with Gasteiger partial charge in [0.05, 0.1) is 24.5 Å². The van der Waals surface area contributed by atoms with E-state index in [2.05, 4.69) is 136 Å². The van der Waals surface area contributed by atoms with Crippen LogP contribution < -0.4 is 16.4 Å². The molecule has 576 valence electrons. The number of alkyl carbamates (subject to hydrolysis) is 1. The number of nitrogens with two attached hydrogens (primary N) is 1. The van der Waals surface area contributed by atoms with E-state index in [1.165, 1.54) is 21.9 Å². The molecule has 108 heavy (non-hydrogen) atoms. The van der Waals surface area contributed by atoms with Crippen LogP contribution in [-0.4, -0.2) is 164 Å². The standard InChI is InChI=1S/C41H42N2O5.C26H32N2O3.C16H21NO2.C5H11BrO2.CH4O/c1-4-47-39(46-3)26-43(25-31-14-11-13-30-12-5-6-15-32(30)31)40(44)38(24-29-22-20-28(2)21-23-29)42-41(45)48-27-37-35-18-9-7-16-33(35)34-17-8-10-19-36(34)37;1-4-31-25(30-3)18-28(17-22-10-7-9-21-8-5-6-11-23(21)22)26(29)24(27)16-20-14-12-19(2)13-15-20;1-3-19-16(18-2)12-17-11-14-9-6-8-13-7-4-5-10-15(13)14;1-3-8-5(4-6)7-2;1-2/h5-23,37-39H,4,24-27H2,1-3H3,(H,42,45);5-15,24-25H,4,16-18,27H2,1-3H3;4-10,16-17H,3,11-12H2,1-2H3;5H,3-4H2,1-2H3;2H,1H3/t38-,39?;24-,25?;;;/m10.../s1. The number of nitrogens with one attached hydrogen (secondary N) is 2. The molecule has 5 N–H and O–H groups in total. The maximum absolute atomic E-state index is 14.6. The Hall–Kier alpha value is -8.77. The second kappa shape index (κ2) is 47.2. The molecule has 3 amide bonds. The first kappa shape index (κ1) is 86.5. The largest absolute Gasteiger partial charge is 0.449 e. The maximum atomic E-state index is 14.6. The summed E-state index contributed by atoms with van der Waals surface area (Å²) in [6.45, 7) is 17.0. The zero-order valence-electron chi connectivity index (χ0n) is 64.5. The molecule has 19 heteroatoms. The number of alkyl halides is 1. The summed E-state index contributed by atoms with van der Waals surface area (Å²) in [6, 6.07) is 74.3. The van der Waals surface area contributed by atoms with E-state index in [4.69, 9.17) is 53.5 Å². The van der Waals surface area contributed by atoms with Crippen molar-refractivity contribution >= 4 is 66.2 Å². The zero-order valence-corrected chi connectivity index (χ0v) is 66.1. The molecule has 0 bridgehead atoms. The Morgan fingerprint density at radius 2 is 0.843 bits per heavy atom. The Kier molecular flexibility index (Phi) is 37.8. The highest BCUT2D eigenvalue weighted by atomic mass is 79.9. The van der Waals surface area contributed by atoms with E-state index in [0.29, 0.717) is 65.4 Å². The van der Waals surface area contributed by atoms with Crippen LogP contribution in [0.4, 0.5) is 4.79 Å². The number of carbonyl (C=O) groups is 3. The molecular weight excluding hydrogens is 1430 g/mol. The minimum Gasteiger partial charge on any atom is -0.449 e. The van der Waals surface area contributed by atoms with Crippen LogP contribution in [0.2, 0.25) is 0 Å². The van der Waals surface area contributed by atoms with E-state index in [9.17, 15) is 14.4 Å². The summed E-state index contributed by atoms with van der Waals surface area (Å²) in [4.78, 5) is 45.0. The second-order valence-corrected chi connectivity index (χ2v) is 26.3. The van der Waals surface area contributed by atoms with Crippen LogP contribution >= 0.6 is 15.9 Å². The fourth-order valence-electron chi connectivity index (χ4n) is 12.9. The Morgan fingerprint density at radius 1 is 0.463 bits per heavy atom. The van der Waals surface area contributed by atoms with Gasteiger partial charge in [-0.25, -0.2) is 4.79 Å². The molecule has 0 heterocycles. The summed E-state index contributed by atoms with van der Waals surface area (Å²) in [5, 5.41) is 21.0. The molecule has 0 saturated carbocycles. The van der Waals surface area contributed by atoms with E-state index in [-0.39, 0.29) is 43.5 Å². The molecular formula is C89H110BrN5O13. The average molecular weight is 1540 g/mol. The van der Waals surface area contributed by atoms with Crippen LogP contribution in [0, 0.1) is 13.8 Å². The Labute approximate surface area is 647 Å². The summed E-state index contributed by atoms with van der Waals surface area (Å²) in [5.74, 6) is -0.458. The van der Waals surface area contributed by atoms with Gasteiger partial charge in [-0.05, 0) is 130 Å². The van der Waals surface area contributed by atoms with Crippen molar-refractivity contribution < 1.29 is 62.1 Å². The molecule has 4 unspecified atom stereocenters. The fourth-order valence-corrected chi connectivity index (χ4v) is 13.3. The van der Waals surface area contributed by atoms with Crippen LogP contribution in [0.1, 0.15) is 83.7 Å². The lowest BCUT2D eigenvalue weighted by Gasteiger charge is -2.31. The number of nitrogens with zero attached hydrogens (tertiary/aromatic N) is 2. The van der Waals surface area contributed by atoms with Gasteiger partial charge in [-0.3, -0.25) is 9.59 Å². The van der Waals surface area contributed by atoms with Crippen molar-refractivity contribution in [2.24, 2.45) is 5.73 Å². The summed E-state index contributed by atoms with van der Waals surface area (Å²) < 4.78 is 49.0. The number of halogens is 1. The molecule has 18 nitrogen and oxygen atoms in total. The first-order valence-electron chi connectivity index (χ1n) is 36.9. The predicted octanol–water partition coefficient (Wildman–Crippen LogP) is 15.6. The maximum Gasteiger partial charge on any atom is 0.407 e. The van der Waals surface area contributed by atoms with Crippen molar-refractivity contribution in [1.82, 2.24) is 20.4 Å². The highest BCUT2D eigenvalue weighted by Crippen LogP contribution is 2.44. The van der Waals surface area contributed by atoms with Crippen LogP contribution in [-0.2, 0) is 84.7 Å². The number of methoxy groups -OCH3 is 4. The molecule has 0 fully saturated rings. The topological polar surface area (TPSA) is 211 Å². The summed E-state index contributed by atoms with van der Waals surface area (Å²) >= 11 is 3.23. The van der Waals surface area contributed by atoms with Gasteiger partial charge in [0.15, 0.2) is 25.2 Å². The minimum absolute atomic E-state index is 0.0833. The van der Waals surface area contributed by atoms with Gasteiger partial charge in [0.2, 0.25) is 11.8 Å². The smallest absolute Gasteiger partial charge is 0.407 e. The quantitative estimate of drug-likeness (QED) is 0.0218. The number of ether oxygens (including phenoxy) is 9. The van der Waals surface area contributed by atoms with Crippen molar-refractivity contribution in [2.75, 3.05) is 93.5 Å². The molecule has 6 atom stereocenters. The summed E-state index contributed by atoms with van der Waals surface area (Å²) in [7, 11) is 7.45. The number of amides is 3. The van der Waals surface area contributed by atoms with Gasteiger partial charge >= 0.3 is 6.09 Å². The first-order chi connectivity index (χ1) is 52.6. The second-order valence-electron chi connectivity index (χ2n) is 25.6. The van der Waals surface area contributed by atoms with Crippen LogP contribution in [0.5, 0.6) is 0 Å². The van der Waals surface area contributed by atoms with E-state index < -0.39 is 30.8 Å². The normalized spacial score (nSPS) is 13.1. The number of aryl methyl sites for hydroxylation is 2. The molecule has 0 saturated heterocycles. The lowest BCUT2D eigenvalue weighted by atomic mass is 9.98. The van der Waals surface area contributed by atoms with Crippen LogP contribution in [0.15, 0.2) is 224 Å². The Balaban J connectivity index is 0.000000230. The summed E-state index contributed by atoms with van der Waals surface area (Å²) in [6.07, 6.45) is -1.27. The predicted molar refractivity (Wildman–Crippen MR) is 436 cm³/mol. The van der Waals surface area contributed by atoms with Crippen molar-refractivity contribution in [3.05, 3.63) is 275 Å². The van der Waals surface area contributed by atoms with Crippen molar-refractivity contribution in [1.29, 1.82) is 0 Å². The number of carbonyl (C=O) groups excluding carboxylic acids is 3. The molecule has 0 radical (unpaired) electrons. The van der Waals surface area contributed by atoms with Gasteiger partial charge < -0.3 is 73.9 Å². The van der Waals surface area contributed by atoms with Crippen molar-refractivity contribution in [3.63, 3.8) is 0 Å². The molecule has 10 aromatic carbocycles. The first-order valence-corrected chi connectivity index (χ1v) is 38.0. The molecule has 0 spiro atoms. The van der Waals surface area contributed by atoms with Crippen LogP contribution in [0.25, 0.3) is 43.4 Å². The van der Waals surface area contributed by atoms with Gasteiger partial charge in [-0.15, -0.1) is 0 Å². The Morgan fingerprint density at radius 3 is 1.28 bits per heavy atom. The lowest BCUT2D eigenvalue weighted by molar-refractivity contribution is -0.153. The van der Waals surface area contributed by atoms with Gasteiger partial charge in [0, 0.05) is 100 Å². The van der Waals surface area contributed by atoms with Crippen molar-refractivity contribution in [2.45, 2.75) is 117 Å². The highest BCUT2D eigenvalue weighted by molar-refractivity contribution is 9.09. The van der Waals surface area contributed by atoms with E-state index in [0.717, 1.165) is 90.6 Å². The monoisotopic (exact) mass is 1540 g/mol. The molecule has 1 aliphatic rings. The minimum atomic E-state index is -0.891.